The van der Waals surface area contributed by atoms with Gasteiger partial charge in [0.2, 0.25) is 0 Å². The Kier molecular flexibility index (Phi) is 3.56. The minimum absolute atomic E-state index is 0.228. The number of ether oxygens (including phenoxy) is 1. The van der Waals surface area contributed by atoms with Crippen molar-refractivity contribution in [2.24, 2.45) is 10.2 Å². The second-order valence-corrected chi connectivity index (χ2v) is 6.26. The molecule has 25 heavy (non-hydrogen) atoms. The molecule has 0 saturated carbocycles. The molecule has 4 atom stereocenters. The summed E-state index contributed by atoms with van der Waals surface area (Å²) in [6, 6.07) is 0. The minimum Gasteiger partial charge on any atom is -0.394 e. The van der Waals surface area contributed by atoms with Crippen LogP contribution in [-0.2, 0) is 4.74 Å². The van der Waals surface area contributed by atoms with E-state index in [-0.39, 0.29) is 5.82 Å². The fourth-order valence-electron chi connectivity index (χ4n) is 3.31. The average molecular weight is 348 g/mol. The Balaban J connectivity index is 1.90. The van der Waals surface area contributed by atoms with E-state index >= 15 is 4.39 Å². The van der Waals surface area contributed by atoms with Gasteiger partial charge in [0.05, 0.1) is 17.7 Å². The number of nitrogens with zero attached hydrogens (tertiary/aromatic N) is 5. The van der Waals surface area contributed by atoms with E-state index in [1.807, 2.05) is 0 Å². The average Bonchev–Trinajstić information content (AvgIpc) is 3.27. The minimum atomic E-state index is -2.13. The number of nitrogens with two attached hydrogens (primary N) is 1. The number of aliphatic hydroxyl groups excluding tert-OH is 2. The van der Waals surface area contributed by atoms with Crippen LogP contribution in [0.3, 0.4) is 0 Å². The molecule has 0 aromatic carbocycles. The maximum atomic E-state index is 15.2. The SMILES string of the molecule is C[C@@]1(F)[C@H](O)[C@@H](CO)O[C@H]1n1cc(C2=NN=CC2)c2c(N)ncnc21. The predicted molar refractivity (Wildman–Crippen MR) is 88.1 cm³/mol. The van der Waals surface area contributed by atoms with E-state index in [0.29, 0.717) is 28.7 Å². The fraction of sp³-hybridized carbons (Fsp3) is 0.467. The molecule has 0 bridgehead atoms. The summed E-state index contributed by atoms with van der Waals surface area (Å²) in [5.74, 6) is 0.228. The van der Waals surface area contributed by atoms with Crippen molar-refractivity contribution in [2.45, 2.75) is 37.4 Å². The molecule has 0 spiro atoms. The molecule has 0 amide bonds. The summed E-state index contributed by atoms with van der Waals surface area (Å²) in [7, 11) is 0. The van der Waals surface area contributed by atoms with Gasteiger partial charge in [-0.2, -0.15) is 10.2 Å². The largest absolute Gasteiger partial charge is 0.394 e. The second-order valence-electron chi connectivity index (χ2n) is 6.26. The zero-order valence-electron chi connectivity index (χ0n) is 13.4. The number of hydrogen-bond donors (Lipinski definition) is 3. The van der Waals surface area contributed by atoms with Gasteiger partial charge < -0.3 is 25.3 Å². The predicted octanol–water partition coefficient (Wildman–Crippen LogP) is 0.171. The summed E-state index contributed by atoms with van der Waals surface area (Å²) in [5, 5.41) is 27.9. The van der Waals surface area contributed by atoms with Crippen molar-refractivity contribution < 1.29 is 19.3 Å². The van der Waals surface area contributed by atoms with Crippen LogP contribution in [0.4, 0.5) is 10.2 Å². The third-order valence-corrected chi connectivity index (χ3v) is 4.64. The standard InChI is InChI=1S/C15H17FN6O3/c1-15(16)11(24)9(5-23)25-14(15)22-4-7(8-2-3-20-21-8)10-12(17)18-6-19-13(10)22/h3-4,6,9,11,14,23-24H,2,5H2,1H3,(H2,17,18,19)/t9-,11-,14-,15-/m1/s1. The van der Waals surface area contributed by atoms with Gasteiger partial charge >= 0.3 is 0 Å². The highest BCUT2D eigenvalue weighted by Gasteiger charge is 2.55. The van der Waals surface area contributed by atoms with Gasteiger partial charge in [-0.1, -0.05) is 0 Å². The van der Waals surface area contributed by atoms with E-state index < -0.39 is 30.7 Å². The number of anilines is 1. The number of nitrogen functional groups attached to an aromatic ring is 1. The van der Waals surface area contributed by atoms with Gasteiger partial charge in [0.15, 0.2) is 11.9 Å². The number of rotatable bonds is 3. The van der Waals surface area contributed by atoms with Crippen LogP contribution < -0.4 is 5.73 Å². The molecule has 0 aliphatic carbocycles. The number of aromatic nitrogens is 3. The first-order chi connectivity index (χ1) is 11.9. The molecule has 0 radical (unpaired) electrons. The quantitative estimate of drug-likeness (QED) is 0.725. The van der Waals surface area contributed by atoms with Crippen LogP contribution in [-0.4, -0.2) is 61.2 Å². The Morgan fingerprint density at radius 1 is 1.48 bits per heavy atom. The van der Waals surface area contributed by atoms with Gasteiger partial charge in [-0.15, -0.1) is 0 Å². The van der Waals surface area contributed by atoms with E-state index in [1.165, 1.54) is 17.8 Å². The Hall–Kier alpha value is -2.43. The topological polar surface area (TPSA) is 131 Å². The van der Waals surface area contributed by atoms with Gasteiger partial charge in [0.25, 0.3) is 0 Å². The van der Waals surface area contributed by atoms with E-state index in [0.717, 1.165) is 0 Å². The van der Waals surface area contributed by atoms with Crippen molar-refractivity contribution in [3.63, 3.8) is 0 Å². The van der Waals surface area contributed by atoms with E-state index in [2.05, 4.69) is 20.2 Å². The van der Waals surface area contributed by atoms with Crippen LogP contribution in [0.1, 0.15) is 25.1 Å². The lowest BCUT2D eigenvalue weighted by Crippen LogP contribution is -2.40. The van der Waals surface area contributed by atoms with Crippen molar-refractivity contribution in [3.8, 4) is 0 Å². The normalized spacial score (nSPS) is 31.8. The lowest BCUT2D eigenvalue weighted by molar-refractivity contribution is -0.0564. The van der Waals surface area contributed by atoms with Gasteiger partial charge in [-0.25, -0.2) is 14.4 Å². The first kappa shape index (κ1) is 16.1. The third kappa shape index (κ3) is 2.25. The Morgan fingerprint density at radius 2 is 2.28 bits per heavy atom. The summed E-state index contributed by atoms with van der Waals surface area (Å²) in [6.45, 7) is 0.727. The molecule has 4 N–H and O–H groups in total. The first-order valence-electron chi connectivity index (χ1n) is 7.78. The third-order valence-electron chi connectivity index (χ3n) is 4.64. The van der Waals surface area contributed by atoms with Gasteiger partial charge in [0, 0.05) is 24.4 Å². The second kappa shape index (κ2) is 5.55. The summed E-state index contributed by atoms with van der Waals surface area (Å²) in [6.07, 6.45) is 1.35. The smallest absolute Gasteiger partial charge is 0.181 e. The number of hydrogen-bond acceptors (Lipinski definition) is 8. The van der Waals surface area contributed by atoms with Crippen LogP contribution in [0.15, 0.2) is 22.7 Å². The highest BCUT2D eigenvalue weighted by molar-refractivity contribution is 6.17. The number of alkyl halides is 1. The number of halogens is 1. The summed E-state index contributed by atoms with van der Waals surface area (Å²) in [4.78, 5) is 8.20. The van der Waals surface area contributed by atoms with Gasteiger partial charge in [0.1, 0.15) is 30.0 Å². The molecule has 2 aliphatic heterocycles. The molecule has 2 aliphatic rings. The highest BCUT2D eigenvalue weighted by atomic mass is 19.1. The van der Waals surface area contributed by atoms with Crippen molar-refractivity contribution >= 4 is 28.8 Å². The molecule has 0 unspecified atom stereocenters. The summed E-state index contributed by atoms with van der Waals surface area (Å²) < 4.78 is 22.2. The summed E-state index contributed by atoms with van der Waals surface area (Å²) in [5.41, 5.74) is 5.51. The van der Waals surface area contributed by atoms with Crippen molar-refractivity contribution in [2.75, 3.05) is 12.3 Å². The molecule has 2 aromatic heterocycles. The van der Waals surface area contributed by atoms with Crippen LogP contribution in [0, 0.1) is 0 Å². The monoisotopic (exact) mass is 348 g/mol. The van der Waals surface area contributed by atoms with Gasteiger partial charge in [-0.05, 0) is 6.92 Å². The molecule has 2 aromatic rings. The maximum Gasteiger partial charge on any atom is 0.181 e. The lowest BCUT2D eigenvalue weighted by atomic mass is 9.98. The Bertz CT molecular complexity index is 893. The molecule has 10 heteroatoms. The maximum absolute atomic E-state index is 15.2. The zero-order chi connectivity index (χ0) is 17.8. The molecular weight excluding hydrogens is 331 g/mol. The van der Waals surface area contributed by atoms with E-state index in [4.69, 9.17) is 10.5 Å². The number of fused-ring (bicyclic) bond motifs is 1. The molecule has 4 heterocycles. The van der Waals surface area contributed by atoms with Gasteiger partial charge in [-0.3, -0.25) is 0 Å². The van der Waals surface area contributed by atoms with Crippen LogP contribution in [0.25, 0.3) is 11.0 Å². The molecule has 9 nitrogen and oxygen atoms in total. The Labute approximate surface area is 141 Å². The summed E-state index contributed by atoms with van der Waals surface area (Å²) >= 11 is 0. The molecule has 132 valence electrons. The van der Waals surface area contributed by atoms with Crippen LogP contribution in [0.2, 0.25) is 0 Å². The fourth-order valence-corrected chi connectivity index (χ4v) is 3.31. The van der Waals surface area contributed by atoms with Crippen LogP contribution in [0.5, 0.6) is 0 Å². The lowest BCUT2D eigenvalue weighted by Gasteiger charge is -2.25. The van der Waals surface area contributed by atoms with Crippen molar-refractivity contribution in [3.05, 3.63) is 18.1 Å². The van der Waals surface area contributed by atoms with Crippen molar-refractivity contribution in [1.29, 1.82) is 0 Å². The van der Waals surface area contributed by atoms with Crippen molar-refractivity contribution in [1.82, 2.24) is 14.5 Å². The zero-order valence-corrected chi connectivity index (χ0v) is 13.4. The van der Waals surface area contributed by atoms with Crippen LogP contribution >= 0.6 is 0 Å². The molecule has 1 saturated heterocycles. The van der Waals surface area contributed by atoms with E-state index in [9.17, 15) is 10.2 Å². The first-order valence-corrected chi connectivity index (χ1v) is 7.78. The highest BCUT2D eigenvalue weighted by Crippen LogP contribution is 2.43. The molecule has 4 rings (SSSR count). The number of aliphatic hydroxyl groups is 2. The molecular formula is C15H17FN6O3. The molecule has 1 fully saturated rings. The Morgan fingerprint density at radius 3 is 2.92 bits per heavy atom. The van der Waals surface area contributed by atoms with E-state index in [1.54, 1.807) is 12.4 Å².